The van der Waals surface area contributed by atoms with E-state index in [0.29, 0.717) is 49.1 Å². The summed E-state index contributed by atoms with van der Waals surface area (Å²) in [5.74, 6) is 0.950. The Morgan fingerprint density at radius 2 is 1.92 bits per heavy atom. The van der Waals surface area contributed by atoms with Crippen molar-refractivity contribution in [3.05, 3.63) is 107 Å². The van der Waals surface area contributed by atoms with Crippen LogP contribution in [-0.2, 0) is 16.0 Å². The maximum atomic E-state index is 13.7. The van der Waals surface area contributed by atoms with Crippen molar-refractivity contribution in [3.8, 4) is 5.75 Å². The molecule has 3 aromatic carbocycles. The molecule has 7 heteroatoms. The van der Waals surface area contributed by atoms with E-state index in [4.69, 9.17) is 31.2 Å². The van der Waals surface area contributed by atoms with Gasteiger partial charge in [0.15, 0.2) is 5.54 Å². The van der Waals surface area contributed by atoms with E-state index in [1.54, 1.807) is 0 Å². The summed E-state index contributed by atoms with van der Waals surface area (Å²) >= 11 is 6.11. The van der Waals surface area contributed by atoms with Gasteiger partial charge in [-0.1, -0.05) is 66.2 Å². The third kappa shape index (κ3) is 7.03. The number of carbonyl (C=O) groups is 1. The molecule has 0 aromatic heterocycles. The van der Waals surface area contributed by atoms with E-state index >= 15 is 0 Å². The molecule has 0 saturated heterocycles. The molecule has 0 saturated carbocycles. The number of halogens is 1. The maximum absolute atomic E-state index is 13.7. The lowest BCUT2D eigenvalue weighted by atomic mass is 9.89. The van der Waals surface area contributed by atoms with Crippen LogP contribution in [0.2, 0.25) is 5.02 Å². The molecule has 0 aliphatic carbocycles. The Balaban J connectivity index is 1.53. The maximum Gasteiger partial charge on any atom is 0.252 e. The van der Waals surface area contributed by atoms with Gasteiger partial charge >= 0.3 is 0 Å². The number of amides is 1. The highest BCUT2D eigenvalue weighted by atomic mass is 35.5. The standard InChI is InChI=1S/C31H33ClN2O4/c1-23-31(18-6-11-24-8-3-2-4-9-24,30(36)33-19-17-25-10-5-12-27(32)22-25)34-29(38-23)26-13-15-28(16-14-26)37-21-7-20-35/h2-6,8-16,22-23,35H,7,17-21H2,1H3,(H,33,36)/b11-6+/t23-,31-/m1/s1. The highest BCUT2D eigenvalue weighted by Crippen LogP contribution is 2.33. The van der Waals surface area contributed by atoms with E-state index in [2.05, 4.69) is 5.32 Å². The molecule has 0 unspecified atom stereocenters. The molecule has 0 fully saturated rings. The van der Waals surface area contributed by atoms with Gasteiger partial charge < -0.3 is 19.9 Å². The van der Waals surface area contributed by atoms with Gasteiger partial charge in [-0.05, 0) is 60.9 Å². The van der Waals surface area contributed by atoms with Crippen molar-refractivity contribution in [2.45, 2.75) is 37.8 Å². The molecule has 1 amide bonds. The van der Waals surface area contributed by atoms with E-state index in [1.165, 1.54) is 0 Å². The first-order valence-electron chi connectivity index (χ1n) is 12.8. The fourth-order valence-electron chi connectivity index (χ4n) is 4.29. The summed E-state index contributed by atoms with van der Waals surface area (Å²) in [5, 5.41) is 12.7. The smallest absolute Gasteiger partial charge is 0.252 e. The number of rotatable bonds is 12. The van der Waals surface area contributed by atoms with Crippen LogP contribution in [0.4, 0.5) is 0 Å². The number of nitrogens with zero attached hydrogens (tertiary/aromatic N) is 1. The van der Waals surface area contributed by atoms with Gasteiger partial charge in [-0.25, -0.2) is 4.99 Å². The third-order valence-corrected chi connectivity index (χ3v) is 6.69. The second-order valence-corrected chi connectivity index (χ2v) is 9.64. The zero-order valence-corrected chi connectivity index (χ0v) is 22.2. The number of aliphatic hydroxyl groups is 1. The van der Waals surface area contributed by atoms with Gasteiger partial charge in [0.1, 0.15) is 11.9 Å². The molecule has 6 nitrogen and oxygen atoms in total. The Kier molecular flexibility index (Phi) is 9.57. The van der Waals surface area contributed by atoms with Crippen LogP contribution in [0.3, 0.4) is 0 Å². The molecule has 3 aromatic rings. The molecule has 1 aliphatic rings. The van der Waals surface area contributed by atoms with Gasteiger partial charge in [0.05, 0.1) is 6.61 Å². The summed E-state index contributed by atoms with van der Waals surface area (Å²) in [6, 6.07) is 25.0. The highest BCUT2D eigenvalue weighted by molar-refractivity contribution is 6.30. The van der Waals surface area contributed by atoms with Gasteiger partial charge in [0.2, 0.25) is 5.90 Å². The Bertz CT molecular complexity index is 1260. The quantitative estimate of drug-likeness (QED) is 0.303. The van der Waals surface area contributed by atoms with Crippen LogP contribution in [0.15, 0.2) is 89.9 Å². The molecule has 0 spiro atoms. The average Bonchev–Trinajstić information content (AvgIpc) is 3.27. The van der Waals surface area contributed by atoms with Crippen LogP contribution in [0.1, 0.15) is 36.5 Å². The molecule has 0 bridgehead atoms. The Morgan fingerprint density at radius 3 is 2.66 bits per heavy atom. The van der Waals surface area contributed by atoms with Gasteiger partial charge in [-0.3, -0.25) is 4.79 Å². The molecule has 2 N–H and O–H groups in total. The van der Waals surface area contributed by atoms with Crippen molar-refractivity contribution < 1.29 is 19.4 Å². The summed E-state index contributed by atoms with van der Waals surface area (Å²) < 4.78 is 11.8. The van der Waals surface area contributed by atoms with E-state index in [-0.39, 0.29) is 12.5 Å². The lowest BCUT2D eigenvalue weighted by Crippen LogP contribution is -2.51. The van der Waals surface area contributed by atoms with Gasteiger partial charge in [-0.15, -0.1) is 0 Å². The van der Waals surface area contributed by atoms with Crippen molar-refractivity contribution >= 4 is 29.5 Å². The zero-order chi connectivity index (χ0) is 26.8. The minimum Gasteiger partial charge on any atom is -0.494 e. The topological polar surface area (TPSA) is 80.2 Å². The lowest BCUT2D eigenvalue weighted by molar-refractivity contribution is -0.128. The van der Waals surface area contributed by atoms with Crippen molar-refractivity contribution in [1.82, 2.24) is 5.32 Å². The molecular formula is C31H33ClN2O4. The minimum absolute atomic E-state index is 0.0859. The summed E-state index contributed by atoms with van der Waals surface area (Å²) in [6.45, 7) is 2.87. The normalized spacial score (nSPS) is 18.7. The van der Waals surface area contributed by atoms with Crippen molar-refractivity contribution in [3.63, 3.8) is 0 Å². The summed E-state index contributed by atoms with van der Waals surface area (Å²) in [7, 11) is 0. The Hall–Kier alpha value is -3.61. The van der Waals surface area contributed by atoms with Crippen LogP contribution in [0.5, 0.6) is 5.75 Å². The molecule has 2 atom stereocenters. The second kappa shape index (κ2) is 13.3. The predicted octanol–water partition coefficient (Wildman–Crippen LogP) is 5.47. The lowest BCUT2D eigenvalue weighted by Gasteiger charge is -2.27. The highest BCUT2D eigenvalue weighted by Gasteiger charge is 2.49. The van der Waals surface area contributed by atoms with Crippen LogP contribution in [0, 0.1) is 0 Å². The molecule has 1 aliphatic heterocycles. The molecule has 1 heterocycles. The molecule has 0 radical (unpaired) electrons. The zero-order valence-electron chi connectivity index (χ0n) is 21.5. The number of hydrogen-bond donors (Lipinski definition) is 2. The second-order valence-electron chi connectivity index (χ2n) is 9.20. The third-order valence-electron chi connectivity index (χ3n) is 6.45. The van der Waals surface area contributed by atoms with Crippen molar-refractivity contribution in [2.75, 3.05) is 19.8 Å². The van der Waals surface area contributed by atoms with Crippen LogP contribution in [0.25, 0.3) is 6.08 Å². The largest absolute Gasteiger partial charge is 0.494 e. The fourth-order valence-corrected chi connectivity index (χ4v) is 4.50. The Morgan fingerprint density at radius 1 is 1.13 bits per heavy atom. The Labute approximate surface area is 229 Å². The molecule has 198 valence electrons. The number of carbonyl (C=O) groups excluding carboxylic acids is 1. The number of aliphatic hydroxyl groups excluding tert-OH is 1. The summed E-state index contributed by atoms with van der Waals surface area (Å²) in [4.78, 5) is 18.5. The van der Waals surface area contributed by atoms with Crippen molar-refractivity contribution in [1.29, 1.82) is 0 Å². The first-order valence-corrected chi connectivity index (χ1v) is 13.2. The minimum atomic E-state index is -1.11. The van der Waals surface area contributed by atoms with E-state index in [9.17, 15) is 4.79 Å². The molecular weight excluding hydrogens is 500 g/mol. The van der Waals surface area contributed by atoms with Gasteiger partial charge in [-0.2, -0.15) is 0 Å². The SMILES string of the molecule is C[C@H]1OC(c2ccc(OCCCO)cc2)=N[C@@]1(C/C=C/c1ccccc1)C(=O)NCCc1cccc(Cl)c1. The number of nitrogens with one attached hydrogen (secondary N) is 1. The van der Waals surface area contributed by atoms with E-state index in [1.807, 2.05) is 97.9 Å². The predicted molar refractivity (Wildman–Crippen MR) is 152 cm³/mol. The average molecular weight is 533 g/mol. The van der Waals surface area contributed by atoms with Gasteiger partial charge in [0, 0.05) is 36.6 Å². The first-order chi connectivity index (χ1) is 18.5. The van der Waals surface area contributed by atoms with Crippen LogP contribution >= 0.6 is 11.6 Å². The van der Waals surface area contributed by atoms with Crippen molar-refractivity contribution in [2.24, 2.45) is 4.99 Å². The fraction of sp³-hybridized carbons (Fsp3) is 0.290. The molecule has 38 heavy (non-hydrogen) atoms. The van der Waals surface area contributed by atoms with Gasteiger partial charge in [0.25, 0.3) is 5.91 Å². The van der Waals surface area contributed by atoms with Crippen LogP contribution in [-0.4, -0.2) is 48.3 Å². The van der Waals surface area contributed by atoms with Crippen LogP contribution < -0.4 is 10.1 Å². The monoisotopic (exact) mass is 532 g/mol. The van der Waals surface area contributed by atoms with E-state index in [0.717, 1.165) is 16.7 Å². The number of hydrogen-bond acceptors (Lipinski definition) is 5. The molecule has 4 rings (SSSR count). The van der Waals surface area contributed by atoms with E-state index < -0.39 is 11.6 Å². The summed E-state index contributed by atoms with van der Waals surface area (Å²) in [6.07, 6.45) is 5.13. The summed E-state index contributed by atoms with van der Waals surface area (Å²) in [5.41, 5.74) is 1.77. The number of ether oxygens (including phenoxy) is 2. The first kappa shape index (κ1) is 27.4. The number of benzene rings is 3. The number of aliphatic imine (C=N–C) groups is 1.